The largest absolute Gasteiger partial charge is 0.448 e. The fourth-order valence-electron chi connectivity index (χ4n) is 1.77. The molecule has 1 N–H and O–H groups in total. The Morgan fingerprint density at radius 1 is 1.42 bits per heavy atom. The van der Waals surface area contributed by atoms with Gasteiger partial charge < -0.3 is 4.42 Å². The topological polar surface area (TPSA) is 67.5 Å². The highest BCUT2D eigenvalue weighted by Gasteiger charge is 2.07. The molecule has 0 aliphatic heterocycles. The van der Waals surface area contributed by atoms with Crippen LogP contribution < -0.4 is 5.43 Å². The Bertz CT molecular complexity index is 889. The van der Waals surface area contributed by atoms with E-state index in [0.29, 0.717) is 10.9 Å². The standard InChI is InChI=1S/C16H12FN3O2S2/c1-10-9-23-16(19-10)24-14-6-5-13(22-14)8-18-20-15(21)11-3-2-4-12(17)7-11/h2-9H,1H3,(H,20,21). The summed E-state index contributed by atoms with van der Waals surface area (Å²) in [5.74, 6) is -0.479. The van der Waals surface area contributed by atoms with E-state index in [9.17, 15) is 9.18 Å². The van der Waals surface area contributed by atoms with Crippen LogP contribution in [0, 0.1) is 12.7 Å². The van der Waals surface area contributed by atoms with E-state index in [1.165, 1.54) is 36.2 Å². The summed E-state index contributed by atoms with van der Waals surface area (Å²) in [4.78, 5) is 16.1. The number of hydrogen-bond acceptors (Lipinski definition) is 6. The molecule has 122 valence electrons. The molecule has 0 saturated carbocycles. The van der Waals surface area contributed by atoms with Crippen LogP contribution in [0.5, 0.6) is 0 Å². The first-order valence-electron chi connectivity index (χ1n) is 6.89. The van der Waals surface area contributed by atoms with Gasteiger partial charge in [-0.3, -0.25) is 4.79 Å². The van der Waals surface area contributed by atoms with Gasteiger partial charge in [0.25, 0.3) is 5.91 Å². The zero-order valence-corrected chi connectivity index (χ0v) is 14.2. The smallest absolute Gasteiger partial charge is 0.271 e. The van der Waals surface area contributed by atoms with Crippen molar-refractivity contribution in [2.24, 2.45) is 5.10 Å². The number of nitrogens with zero attached hydrogens (tertiary/aromatic N) is 2. The van der Waals surface area contributed by atoms with E-state index in [2.05, 4.69) is 15.5 Å². The van der Waals surface area contributed by atoms with Crippen molar-refractivity contribution in [2.75, 3.05) is 0 Å². The molecule has 24 heavy (non-hydrogen) atoms. The molecule has 3 aromatic rings. The lowest BCUT2D eigenvalue weighted by atomic mass is 10.2. The number of aryl methyl sites for hydroxylation is 1. The molecule has 3 rings (SSSR count). The highest BCUT2D eigenvalue weighted by molar-refractivity contribution is 8.00. The summed E-state index contributed by atoms with van der Waals surface area (Å²) in [5, 5.41) is 6.46. The molecule has 0 unspecified atom stereocenters. The van der Waals surface area contributed by atoms with Gasteiger partial charge in [-0.1, -0.05) is 6.07 Å². The number of carbonyl (C=O) groups excluding carboxylic acids is 1. The average molecular weight is 361 g/mol. The van der Waals surface area contributed by atoms with Gasteiger partial charge in [-0.25, -0.2) is 14.8 Å². The zero-order valence-electron chi connectivity index (χ0n) is 12.5. The number of carbonyl (C=O) groups is 1. The van der Waals surface area contributed by atoms with Crippen molar-refractivity contribution in [1.29, 1.82) is 0 Å². The summed E-state index contributed by atoms with van der Waals surface area (Å²) < 4.78 is 19.5. The number of furan rings is 1. The summed E-state index contributed by atoms with van der Waals surface area (Å²) in [6, 6.07) is 8.92. The molecule has 0 atom stereocenters. The van der Waals surface area contributed by atoms with Crippen LogP contribution in [-0.4, -0.2) is 17.1 Å². The normalized spacial score (nSPS) is 11.1. The van der Waals surface area contributed by atoms with Crippen LogP contribution in [0.4, 0.5) is 4.39 Å². The van der Waals surface area contributed by atoms with Crippen LogP contribution in [0.1, 0.15) is 21.8 Å². The number of halogens is 1. The minimum atomic E-state index is -0.495. The second-order valence-electron chi connectivity index (χ2n) is 4.72. The van der Waals surface area contributed by atoms with Crippen LogP contribution in [0.25, 0.3) is 0 Å². The van der Waals surface area contributed by atoms with Crippen molar-refractivity contribution in [2.45, 2.75) is 16.4 Å². The fourth-order valence-corrected chi connectivity index (χ4v) is 3.51. The van der Waals surface area contributed by atoms with Gasteiger partial charge in [0.05, 0.1) is 6.21 Å². The summed E-state index contributed by atoms with van der Waals surface area (Å²) in [5.41, 5.74) is 3.49. The fraction of sp³-hybridized carbons (Fsp3) is 0.0625. The molecule has 0 aliphatic carbocycles. The van der Waals surface area contributed by atoms with Crippen molar-refractivity contribution in [3.8, 4) is 0 Å². The average Bonchev–Trinajstić information content (AvgIpc) is 3.17. The van der Waals surface area contributed by atoms with Crippen LogP contribution in [0.2, 0.25) is 0 Å². The van der Waals surface area contributed by atoms with Gasteiger partial charge in [-0.05, 0) is 49.0 Å². The number of aromatic nitrogens is 1. The molecule has 0 saturated heterocycles. The Labute approximate surface area is 145 Å². The molecule has 0 bridgehead atoms. The Morgan fingerprint density at radius 2 is 2.29 bits per heavy atom. The van der Waals surface area contributed by atoms with E-state index in [0.717, 1.165) is 16.1 Å². The SMILES string of the molecule is Cc1csc(Sc2ccc(C=NNC(=O)c3cccc(F)c3)o2)n1. The zero-order chi connectivity index (χ0) is 16.9. The molecule has 1 amide bonds. The quantitative estimate of drug-likeness (QED) is 0.549. The Balaban J connectivity index is 1.58. The molecule has 1 aromatic carbocycles. The first-order chi connectivity index (χ1) is 11.6. The molecule has 0 aliphatic rings. The lowest BCUT2D eigenvalue weighted by molar-refractivity contribution is 0.0954. The maximum atomic E-state index is 13.1. The van der Waals surface area contributed by atoms with Gasteiger partial charge in [0.1, 0.15) is 11.6 Å². The minimum absolute atomic E-state index is 0.196. The monoisotopic (exact) mass is 361 g/mol. The van der Waals surface area contributed by atoms with Gasteiger partial charge in [0.15, 0.2) is 9.43 Å². The Morgan fingerprint density at radius 3 is 3.04 bits per heavy atom. The van der Waals surface area contributed by atoms with Gasteiger partial charge >= 0.3 is 0 Å². The number of hydrogen-bond donors (Lipinski definition) is 1. The summed E-state index contributed by atoms with van der Waals surface area (Å²) in [6.07, 6.45) is 1.38. The van der Waals surface area contributed by atoms with Gasteiger partial charge in [-0.15, -0.1) is 11.3 Å². The Kier molecular flexibility index (Phi) is 5.07. The predicted molar refractivity (Wildman–Crippen MR) is 91.1 cm³/mol. The second-order valence-corrected chi connectivity index (χ2v) is 6.83. The number of amides is 1. The van der Waals surface area contributed by atoms with E-state index < -0.39 is 11.7 Å². The van der Waals surface area contributed by atoms with E-state index in [1.54, 1.807) is 23.5 Å². The van der Waals surface area contributed by atoms with Gasteiger partial charge in [0.2, 0.25) is 0 Å². The summed E-state index contributed by atoms with van der Waals surface area (Å²) in [6.45, 7) is 1.93. The van der Waals surface area contributed by atoms with Crippen molar-refractivity contribution >= 4 is 35.2 Å². The van der Waals surface area contributed by atoms with Crippen molar-refractivity contribution < 1.29 is 13.6 Å². The van der Waals surface area contributed by atoms with Crippen molar-refractivity contribution in [1.82, 2.24) is 10.4 Å². The third-order valence-electron chi connectivity index (χ3n) is 2.83. The second kappa shape index (κ2) is 7.41. The maximum Gasteiger partial charge on any atom is 0.271 e. The van der Waals surface area contributed by atoms with Crippen molar-refractivity contribution in [3.05, 3.63) is 64.6 Å². The van der Waals surface area contributed by atoms with Crippen LogP contribution in [-0.2, 0) is 0 Å². The van der Waals surface area contributed by atoms with Gasteiger partial charge in [0, 0.05) is 16.6 Å². The molecule has 0 radical (unpaired) electrons. The number of hydrazone groups is 1. The van der Waals surface area contributed by atoms with E-state index in [4.69, 9.17) is 4.42 Å². The molecule has 2 heterocycles. The summed E-state index contributed by atoms with van der Waals surface area (Å²) >= 11 is 2.96. The third-order valence-corrected chi connectivity index (χ3v) is 4.81. The highest BCUT2D eigenvalue weighted by Crippen LogP contribution is 2.31. The molecule has 2 aromatic heterocycles. The lowest BCUT2D eigenvalue weighted by Gasteiger charge is -1.98. The molecule has 5 nitrogen and oxygen atoms in total. The Hall–Kier alpha value is -2.45. The maximum absolute atomic E-state index is 13.1. The first kappa shape index (κ1) is 16.4. The molecular weight excluding hydrogens is 349 g/mol. The molecule has 8 heteroatoms. The third kappa shape index (κ3) is 4.30. The molecule has 0 fully saturated rings. The predicted octanol–water partition coefficient (Wildman–Crippen LogP) is 4.10. The number of thiazole rings is 1. The number of rotatable bonds is 5. The van der Waals surface area contributed by atoms with Crippen molar-refractivity contribution in [3.63, 3.8) is 0 Å². The molecular formula is C16H12FN3O2S2. The minimum Gasteiger partial charge on any atom is -0.448 e. The lowest BCUT2D eigenvalue weighted by Crippen LogP contribution is -2.17. The first-order valence-corrected chi connectivity index (χ1v) is 8.58. The van der Waals surface area contributed by atoms with Crippen LogP contribution in [0.3, 0.4) is 0 Å². The van der Waals surface area contributed by atoms with E-state index >= 15 is 0 Å². The van der Waals surface area contributed by atoms with Crippen LogP contribution >= 0.6 is 23.1 Å². The van der Waals surface area contributed by atoms with Gasteiger partial charge in [-0.2, -0.15) is 5.10 Å². The number of benzene rings is 1. The molecule has 0 spiro atoms. The van der Waals surface area contributed by atoms with Crippen LogP contribution in [0.15, 0.2) is 60.7 Å². The summed E-state index contributed by atoms with van der Waals surface area (Å²) in [7, 11) is 0. The van der Waals surface area contributed by atoms with E-state index in [-0.39, 0.29) is 5.56 Å². The number of nitrogens with one attached hydrogen (secondary N) is 1. The van der Waals surface area contributed by atoms with E-state index in [1.807, 2.05) is 12.3 Å². The highest BCUT2D eigenvalue weighted by atomic mass is 32.2.